The Labute approximate surface area is 694 Å². The van der Waals surface area contributed by atoms with Crippen LogP contribution in [0.3, 0.4) is 0 Å². The Hall–Kier alpha value is -9.61. The van der Waals surface area contributed by atoms with Crippen LogP contribution in [0.25, 0.3) is 11.1 Å². The van der Waals surface area contributed by atoms with Crippen LogP contribution in [0.2, 0.25) is 5.02 Å². The number of ether oxygens (including phenoxy) is 8. The van der Waals surface area contributed by atoms with E-state index in [4.69, 9.17) is 66.7 Å². The van der Waals surface area contributed by atoms with E-state index in [-0.39, 0.29) is 93.0 Å². The van der Waals surface area contributed by atoms with Gasteiger partial charge >= 0.3 is 0 Å². The van der Waals surface area contributed by atoms with Gasteiger partial charge in [-0.3, -0.25) is 38.4 Å². The van der Waals surface area contributed by atoms with Crippen molar-refractivity contribution in [1.29, 1.82) is 0 Å². The summed E-state index contributed by atoms with van der Waals surface area (Å²) >= 11 is 7.20. The van der Waals surface area contributed by atoms with Crippen LogP contribution in [-0.4, -0.2) is 216 Å². The van der Waals surface area contributed by atoms with E-state index in [9.17, 15) is 55.5 Å². The highest BCUT2D eigenvalue weighted by atomic mass is 35.5. The van der Waals surface area contributed by atoms with Gasteiger partial charge < -0.3 is 144 Å². The Morgan fingerprint density at radius 3 is 1.85 bits per heavy atom. The van der Waals surface area contributed by atoms with Crippen molar-refractivity contribution in [3.63, 3.8) is 0 Å². The lowest BCUT2D eigenvalue weighted by Gasteiger charge is -2.54. The van der Waals surface area contributed by atoms with Crippen molar-refractivity contribution in [2.75, 3.05) is 13.7 Å². The number of hydrogen-bond donors (Lipinski definition) is 20. The quantitative estimate of drug-likeness (QED) is 0.0666. The van der Waals surface area contributed by atoms with E-state index in [0.717, 1.165) is 62.4 Å². The molecule has 5 aromatic carbocycles. The fraction of sp³-hybridized carbons (Fsp3) is 0.542. The van der Waals surface area contributed by atoms with Gasteiger partial charge in [0.1, 0.15) is 95.5 Å². The third-order valence-corrected chi connectivity index (χ3v) is 24.9. The fourth-order valence-corrected chi connectivity index (χ4v) is 18.9. The van der Waals surface area contributed by atoms with Gasteiger partial charge in [0.05, 0.1) is 48.5 Å². The van der Waals surface area contributed by atoms with Crippen molar-refractivity contribution in [2.45, 2.75) is 239 Å². The van der Waals surface area contributed by atoms with Crippen molar-refractivity contribution in [3.05, 3.63) is 118 Å². The molecule has 5 aromatic rings. The summed E-state index contributed by atoms with van der Waals surface area (Å²) in [6.07, 6.45) is -17.6. The second kappa shape index (κ2) is 34.7. The summed E-state index contributed by atoms with van der Waals surface area (Å²) in [6, 6.07) is 2.82. The molecule has 8 aliphatic heterocycles. The first-order valence-corrected chi connectivity index (χ1v) is 40.7. The van der Waals surface area contributed by atoms with Gasteiger partial charge in [0, 0.05) is 47.2 Å². The fourth-order valence-electron chi connectivity index (χ4n) is 18.6. The molecule has 17 rings (SSSR count). The van der Waals surface area contributed by atoms with Gasteiger partial charge in [-0.2, -0.15) is 0 Å². The SMILES string of the molecule is CN[C@H](CC(C)C)C(=O)N[C@H]1C(=O)N[C@@H](CC(N)=O)C(=O)N[C@H]2C(=O)N[C@H]3C(=O)N[C@H](C(=O)N[C@H](C(=O)NC4C5CC6CC(C5)CC4C6)c4cc(O)cc(O)c4-c4cc3ccc4O)[C@H](OC3CC(C)(N)C(O)C(C)O3)c3ccc(cc3)Oc3cc2cc(c3OC2OC(CO)C(O)C(O)C2OC2CC(C)(N)C(O)C(C)O2)Oc2ccc(cc2Cl)[C@H]1O. The van der Waals surface area contributed by atoms with Crippen LogP contribution in [0.1, 0.15) is 157 Å². The molecule has 15 bridgehead atoms. The first kappa shape index (κ1) is 86.8. The lowest BCUT2D eigenvalue weighted by Crippen LogP contribution is -2.64. The number of rotatable bonds is 16. The maximum Gasteiger partial charge on any atom is 0.248 e. The van der Waals surface area contributed by atoms with Crippen molar-refractivity contribution >= 4 is 58.9 Å². The van der Waals surface area contributed by atoms with Crippen LogP contribution in [0.15, 0.2) is 84.9 Å². The van der Waals surface area contributed by atoms with E-state index in [1.54, 1.807) is 6.92 Å². The van der Waals surface area contributed by atoms with Crippen LogP contribution >= 0.6 is 11.6 Å². The smallest absolute Gasteiger partial charge is 0.248 e. The van der Waals surface area contributed by atoms with Gasteiger partial charge in [-0.05, 0) is 185 Å². The zero-order chi connectivity index (χ0) is 86.2. The Bertz CT molecular complexity index is 4720. The Balaban J connectivity index is 0.989. The van der Waals surface area contributed by atoms with E-state index in [2.05, 4.69) is 42.5 Å². The monoisotopic (exact) mass is 1690 g/mol. The predicted octanol–water partition coefficient (Wildman–Crippen LogP) is 1.55. The van der Waals surface area contributed by atoms with Crippen LogP contribution in [0, 0.1) is 29.6 Å². The third-order valence-electron chi connectivity index (χ3n) is 24.6. The molecular formula is C83H104ClN11O25. The molecule has 0 spiro atoms. The maximum atomic E-state index is 16.6. The number of fused-ring (bicyclic) bond motifs is 15. The minimum Gasteiger partial charge on any atom is -0.508 e. The summed E-state index contributed by atoms with van der Waals surface area (Å²) in [5, 5.41) is 127. The second-order valence-electron chi connectivity index (χ2n) is 34.3. The van der Waals surface area contributed by atoms with Gasteiger partial charge in [0.25, 0.3) is 0 Å². The number of amides is 8. The molecule has 0 aromatic heterocycles. The second-order valence-corrected chi connectivity index (χ2v) is 34.7. The molecule has 0 radical (unpaired) electrons. The average molecular weight is 1690 g/mol. The minimum absolute atomic E-state index is 0.0346. The molecule has 22 atom stereocenters. The molecular weight excluding hydrogens is 1590 g/mol. The Morgan fingerprint density at radius 2 is 1.24 bits per heavy atom. The highest BCUT2D eigenvalue weighted by molar-refractivity contribution is 6.32. The molecule has 13 unspecified atom stereocenters. The van der Waals surface area contributed by atoms with E-state index in [1.807, 2.05) is 13.8 Å². The number of aliphatic hydroxyl groups excluding tert-OH is 6. The molecule has 7 fully saturated rings. The van der Waals surface area contributed by atoms with Crippen molar-refractivity contribution in [3.8, 4) is 57.1 Å². The number of benzene rings is 5. The zero-order valence-corrected chi connectivity index (χ0v) is 67.6. The molecule has 23 N–H and O–H groups in total. The summed E-state index contributed by atoms with van der Waals surface area (Å²) in [4.78, 5) is 124. The van der Waals surface area contributed by atoms with Gasteiger partial charge in [-0.25, -0.2) is 0 Å². The summed E-state index contributed by atoms with van der Waals surface area (Å²) in [6.45, 7) is 8.83. The standard InChI is InChI=1S/C83H104ClN11O25/c1-32(2)16-48(88-7)74(106)94-64-66(101)39-11-15-52(47(84)23-39)116-54-25-42-24-53(70(54)120-81-71(68(103)67(102)55(31-96)117-81)119-58-30-83(6,87)73(105)34(4)114-58)115-44-12-8-37(9-13-44)69(118-57-29-82(5,86)72(104)33(3)113-57)65-80(112)93-63(78(110)90-60-40-18-35-17-36(20-40)21-41(60)19-35)46-26-43(97)27-51(99)59(46)45-22-38(10-14-50(45)98)61(76(108)95-65)92-77(109)62(42)91-75(107)49(28-56(85)100)89-79(64)111/h8-15,22-27,32-36,40-41,48-49,55,57-58,60-69,71-73,81,88,96-99,101-105H,16-21,28-31,86-87H2,1-7H3,(H2,85,100)(H,89,111)(H,90,110)(H,91,107)(H,92,109)(H,93,112)(H,94,106)(H,95,108)/t33?,34?,35?,36?,40?,41?,48-,49+,55?,57?,58?,60?,61-,62-,63+,64-,65+,66-,67?,68?,69-,71?,72?,73?,81?,82?,83?/m1/s1. The number of primary amides is 1. The molecule has 12 aliphatic rings. The number of halogens is 1. The molecule has 648 valence electrons. The number of phenolic OH excluding ortho intramolecular Hbond substituents is 3. The largest absolute Gasteiger partial charge is 0.508 e. The molecule has 120 heavy (non-hydrogen) atoms. The summed E-state index contributed by atoms with van der Waals surface area (Å²) in [7, 11) is 1.49. The summed E-state index contributed by atoms with van der Waals surface area (Å²) < 4.78 is 52.5. The number of nitrogens with one attached hydrogen (secondary N) is 8. The Morgan fingerprint density at radius 1 is 0.642 bits per heavy atom. The summed E-state index contributed by atoms with van der Waals surface area (Å²) in [5.41, 5.74) is 14.7. The van der Waals surface area contributed by atoms with Crippen LogP contribution in [0.4, 0.5) is 0 Å². The lowest BCUT2D eigenvalue weighted by molar-refractivity contribution is -0.333. The number of likely N-dealkylation sites (N-methyl/N-ethyl adjacent to an activating group) is 1. The number of aromatic hydroxyl groups is 3. The highest BCUT2D eigenvalue weighted by Crippen LogP contribution is 2.55. The van der Waals surface area contributed by atoms with Crippen molar-refractivity contribution in [2.24, 2.45) is 46.8 Å². The molecule has 8 heterocycles. The molecule has 4 saturated carbocycles. The highest BCUT2D eigenvalue weighted by Gasteiger charge is 2.54. The summed E-state index contributed by atoms with van der Waals surface area (Å²) in [5.74, 6) is -12.6. The van der Waals surface area contributed by atoms with Gasteiger partial charge in [0.15, 0.2) is 30.2 Å². The van der Waals surface area contributed by atoms with Crippen molar-refractivity contribution in [1.82, 2.24) is 42.5 Å². The van der Waals surface area contributed by atoms with Gasteiger partial charge in [-0.15, -0.1) is 0 Å². The third kappa shape index (κ3) is 17.9. The maximum absolute atomic E-state index is 16.6. The number of carbonyl (C=O) groups excluding carboxylic acids is 8. The van der Waals surface area contributed by atoms with E-state index >= 15 is 28.8 Å². The number of carbonyl (C=O) groups is 8. The molecule has 37 heteroatoms. The molecule has 3 saturated heterocycles. The average Bonchev–Trinajstić information content (AvgIpc) is 0.756. The number of aliphatic hydroxyl groups is 6. The zero-order valence-electron chi connectivity index (χ0n) is 66.8. The van der Waals surface area contributed by atoms with Gasteiger partial charge in [-0.1, -0.05) is 49.7 Å². The molecule has 8 amide bonds. The number of hydrogen-bond acceptors (Lipinski definition) is 28. The number of phenols is 3. The molecule has 36 nitrogen and oxygen atoms in total. The lowest BCUT2D eigenvalue weighted by atomic mass is 9.54. The predicted molar refractivity (Wildman–Crippen MR) is 422 cm³/mol. The number of nitrogens with two attached hydrogens (primary N) is 3. The minimum atomic E-state index is -2.32. The van der Waals surface area contributed by atoms with Crippen LogP contribution < -0.4 is 73.9 Å². The van der Waals surface area contributed by atoms with Crippen LogP contribution in [-0.2, 0) is 62.0 Å². The normalized spacial score (nSPS) is 35.1. The van der Waals surface area contributed by atoms with Crippen LogP contribution in [0.5, 0.6) is 46.0 Å². The van der Waals surface area contributed by atoms with Crippen molar-refractivity contribution < 1.29 is 122 Å². The first-order chi connectivity index (χ1) is 56.8. The first-order valence-electron chi connectivity index (χ1n) is 40.3. The molecule has 4 aliphatic carbocycles. The van der Waals surface area contributed by atoms with E-state index in [1.165, 1.54) is 82.4 Å². The van der Waals surface area contributed by atoms with E-state index in [0.29, 0.717) is 11.8 Å². The van der Waals surface area contributed by atoms with Gasteiger partial charge in [0.2, 0.25) is 59.3 Å². The Kier molecular flexibility index (Phi) is 25.1. The van der Waals surface area contributed by atoms with E-state index < -0.39 is 234 Å². The topological polar surface area (TPSA) is 567 Å².